The molecule has 17 heteroatoms. The van der Waals surface area contributed by atoms with Crippen molar-refractivity contribution in [1.29, 1.82) is 0 Å². The Morgan fingerprint density at radius 3 is 1.39 bits per heavy atom. The van der Waals surface area contributed by atoms with E-state index < -0.39 is 24.4 Å². The molecule has 4 N–H and O–H groups in total. The summed E-state index contributed by atoms with van der Waals surface area (Å²) in [6, 6.07) is 9.43. The molecular weight excluding hydrogens is 650 g/mol. The van der Waals surface area contributed by atoms with Gasteiger partial charge in [0, 0.05) is 40.0 Å². The molecule has 4 aliphatic rings. The second kappa shape index (κ2) is 17.1. The summed E-state index contributed by atoms with van der Waals surface area (Å²) in [4.78, 5) is 52.4. The zero-order chi connectivity index (χ0) is 34.2. The minimum Gasteiger partial charge on any atom is -0.442 e. The first kappa shape index (κ1) is 37.1. The van der Waals surface area contributed by atoms with Crippen LogP contribution in [-0.2, 0) is 28.5 Å². The molecule has 2 aromatic carbocycles. The van der Waals surface area contributed by atoms with Gasteiger partial charge in [-0.25, -0.2) is 18.4 Å². The maximum Gasteiger partial charge on any atom is 0.414 e. The van der Waals surface area contributed by atoms with Crippen LogP contribution in [0.1, 0.15) is 13.8 Å². The molecule has 6 rings (SSSR count). The van der Waals surface area contributed by atoms with Gasteiger partial charge in [0.15, 0.2) is 0 Å². The van der Waals surface area contributed by atoms with Crippen LogP contribution in [0.3, 0.4) is 0 Å². The van der Waals surface area contributed by atoms with Crippen LogP contribution in [0.4, 0.5) is 41.1 Å². The summed E-state index contributed by atoms with van der Waals surface area (Å²) in [6.45, 7) is 8.68. The normalized spacial score (nSPS) is 20.5. The highest BCUT2D eigenvalue weighted by Crippen LogP contribution is 2.30. The number of benzene rings is 2. The molecule has 268 valence electrons. The third-order valence-corrected chi connectivity index (χ3v) is 8.09. The first-order valence-corrected chi connectivity index (χ1v) is 15.8. The topological polar surface area (TPSA) is 174 Å². The smallest absolute Gasteiger partial charge is 0.414 e. The van der Waals surface area contributed by atoms with Crippen molar-refractivity contribution in [2.45, 2.75) is 26.1 Å². The SMILES string of the molecule is CC(=O)NC[C@H]1CN(c2ccc(N3CCOCC3)c(F)c2)C(=O)O1.CC(=O)NC[C@H]1CN(c2ccc(N3CCOCC3)c(F)c2)C(=O)O1.O. The Labute approximate surface area is 282 Å². The molecule has 0 aromatic heterocycles. The third-order valence-electron chi connectivity index (χ3n) is 8.09. The fourth-order valence-electron chi connectivity index (χ4n) is 5.64. The molecule has 0 saturated carbocycles. The number of amides is 4. The molecule has 49 heavy (non-hydrogen) atoms. The molecule has 0 bridgehead atoms. The van der Waals surface area contributed by atoms with Crippen LogP contribution in [0.15, 0.2) is 36.4 Å². The first-order chi connectivity index (χ1) is 23.1. The maximum atomic E-state index is 14.4. The van der Waals surface area contributed by atoms with Crippen molar-refractivity contribution in [3.8, 4) is 0 Å². The van der Waals surface area contributed by atoms with Gasteiger partial charge in [0.2, 0.25) is 11.8 Å². The van der Waals surface area contributed by atoms with E-state index in [1.807, 2.05) is 9.80 Å². The van der Waals surface area contributed by atoms with E-state index >= 15 is 0 Å². The molecular formula is C32H42F2N6O9. The summed E-state index contributed by atoms with van der Waals surface area (Å²) in [5, 5.41) is 5.22. The average Bonchev–Trinajstić information content (AvgIpc) is 3.65. The van der Waals surface area contributed by atoms with Gasteiger partial charge in [-0.15, -0.1) is 0 Å². The highest BCUT2D eigenvalue weighted by molar-refractivity contribution is 5.91. The van der Waals surface area contributed by atoms with E-state index in [0.29, 0.717) is 75.4 Å². The van der Waals surface area contributed by atoms with E-state index in [-0.39, 0.29) is 55.1 Å². The maximum absolute atomic E-state index is 14.4. The fourth-order valence-corrected chi connectivity index (χ4v) is 5.64. The van der Waals surface area contributed by atoms with Gasteiger partial charge in [0.1, 0.15) is 23.8 Å². The van der Waals surface area contributed by atoms with Crippen molar-refractivity contribution in [2.24, 2.45) is 0 Å². The monoisotopic (exact) mass is 692 g/mol. The number of cyclic esters (lactones) is 2. The summed E-state index contributed by atoms with van der Waals surface area (Å²) in [5.41, 5.74) is 1.90. The zero-order valence-electron chi connectivity index (χ0n) is 27.4. The van der Waals surface area contributed by atoms with Crippen LogP contribution in [-0.4, -0.2) is 120 Å². The molecule has 2 atom stereocenters. The molecule has 2 aromatic rings. The van der Waals surface area contributed by atoms with Crippen molar-refractivity contribution < 1.29 is 52.4 Å². The van der Waals surface area contributed by atoms with Crippen LogP contribution in [0.25, 0.3) is 0 Å². The van der Waals surface area contributed by atoms with Crippen molar-refractivity contribution >= 4 is 46.8 Å². The van der Waals surface area contributed by atoms with Crippen molar-refractivity contribution in [3.05, 3.63) is 48.0 Å². The molecule has 0 aliphatic carbocycles. The molecule has 4 heterocycles. The molecule has 0 spiro atoms. The summed E-state index contributed by atoms with van der Waals surface area (Å²) >= 11 is 0. The molecule has 15 nitrogen and oxygen atoms in total. The lowest BCUT2D eigenvalue weighted by Gasteiger charge is -2.29. The van der Waals surface area contributed by atoms with Crippen molar-refractivity contribution in [3.63, 3.8) is 0 Å². The molecule has 0 radical (unpaired) electrons. The number of morpholine rings is 2. The summed E-state index contributed by atoms with van der Waals surface area (Å²) in [5.74, 6) is -1.14. The first-order valence-electron chi connectivity index (χ1n) is 15.8. The number of rotatable bonds is 8. The fraction of sp³-hybridized carbons (Fsp3) is 0.500. The Balaban J connectivity index is 0.000000216. The summed E-state index contributed by atoms with van der Waals surface area (Å²) in [7, 11) is 0. The standard InChI is InChI=1S/2C16H20FN3O4.H2O/c2*1-11(21)18-9-13-10-20(16(22)24-13)12-2-3-15(14(17)8-12)19-4-6-23-7-5-19;/h2*2-3,8,13H,4-7,9-10H2,1H3,(H,18,21);1H2/t2*13-;/m00./s1. The van der Waals surface area contributed by atoms with Crippen LogP contribution in [0.2, 0.25) is 0 Å². The van der Waals surface area contributed by atoms with Gasteiger partial charge in [0.05, 0.1) is 75.4 Å². The van der Waals surface area contributed by atoms with E-state index in [0.717, 1.165) is 0 Å². The van der Waals surface area contributed by atoms with Gasteiger partial charge in [-0.1, -0.05) is 0 Å². The number of hydrogen-bond acceptors (Lipinski definition) is 10. The van der Waals surface area contributed by atoms with Gasteiger partial charge in [-0.05, 0) is 36.4 Å². The second-order valence-corrected chi connectivity index (χ2v) is 11.6. The van der Waals surface area contributed by atoms with E-state index in [1.165, 1.54) is 35.8 Å². The van der Waals surface area contributed by atoms with Gasteiger partial charge in [0.25, 0.3) is 0 Å². The molecule has 0 unspecified atom stereocenters. The van der Waals surface area contributed by atoms with Gasteiger partial charge in [-0.2, -0.15) is 0 Å². The highest BCUT2D eigenvalue weighted by Gasteiger charge is 2.34. The number of ether oxygens (including phenoxy) is 4. The predicted molar refractivity (Wildman–Crippen MR) is 175 cm³/mol. The molecule has 4 saturated heterocycles. The number of carbonyl (C=O) groups is 4. The lowest BCUT2D eigenvalue weighted by atomic mass is 10.2. The zero-order valence-corrected chi connectivity index (χ0v) is 27.4. The molecule has 4 aliphatic heterocycles. The van der Waals surface area contributed by atoms with Crippen LogP contribution < -0.4 is 30.2 Å². The van der Waals surface area contributed by atoms with E-state index in [4.69, 9.17) is 18.9 Å². The molecule has 4 fully saturated rings. The number of nitrogens with one attached hydrogen (secondary N) is 2. The Bertz CT molecular complexity index is 1380. The third kappa shape index (κ3) is 9.67. The van der Waals surface area contributed by atoms with Gasteiger partial charge >= 0.3 is 12.2 Å². The van der Waals surface area contributed by atoms with Crippen LogP contribution in [0, 0.1) is 11.6 Å². The largest absolute Gasteiger partial charge is 0.442 e. The van der Waals surface area contributed by atoms with E-state index in [9.17, 15) is 28.0 Å². The van der Waals surface area contributed by atoms with E-state index in [2.05, 4.69) is 10.6 Å². The van der Waals surface area contributed by atoms with Gasteiger partial charge in [-0.3, -0.25) is 19.4 Å². The summed E-state index contributed by atoms with van der Waals surface area (Å²) in [6.07, 6.45) is -1.96. The highest BCUT2D eigenvalue weighted by atomic mass is 19.1. The number of carbonyl (C=O) groups excluding carboxylic acids is 4. The number of hydrogen-bond donors (Lipinski definition) is 2. The van der Waals surface area contributed by atoms with Gasteiger partial charge < -0.3 is 44.9 Å². The Morgan fingerprint density at radius 2 is 1.06 bits per heavy atom. The Morgan fingerprint density at radius 1 is 0.694 bits per heavy atom. The minimum atomic E-state index is -0.538. The lowest BCUT2D eigenvalue weighted by Crippen LogP contribution is -2.36. The quantitative estimate of drug-likeness (QED) is 0.412. The predicted octanol–water partition coefficient (Wildman–Crippen LogP) is 1.42. The number of halogens is 2. The van der Waals surface area contributed by atoms with Crippen LogP contribution >= 0.6 is 0 Å². The average molecular weight is 693 g/mol. The second-order valence-electron chi connectivity index (χ2n) is 11.6. The van der Waals surface area contributed by atoms with Crippen LogP contribution in [0.5, 0.6) is 0 Å². The minimum absolute atomic E-state index is 0. The Hall–Kier alpha value is -4.74. The Kier molecular flexibility index (Phi) is 12.9. The number of anilines is 4. The molecule has 4 amide bonds. The summed E-state index contributed by atoms with van der Waals surface area (Å²) < 4.78 is 49.8. The lowest BCUT2D eigenvalue weighted by molar-refractivity contribution is -0.120. The van der Waals surface area contributed by atoms with E-state index in [1.54, 1.807) is 24.3 Å². The van der Waals surface area contributed by atoms with Crippen molar-refractivity contribution in [2.75, 3.05) is 98.4 Å². The number of nitrogens with zero attached hydrogens (tertiary/aromatic N) is 4. The van der Waals surface area contributed by atoms with Crippen molar-refractivity contribution in [1.82, 2.24) is 10.6 Å².